The van der Waals surface area contributed by atoms with E-state index >= 15 is 0 Å². The number of rotatable bonds is 5. The number of hydrogen-bond acceptors (Lipinski definition) is 5. The third-order valence-corrected chi connectivity index (χ3v) is 5.45. The molecule has 162 valence electrons. The number of benzene rings is 2. The van der Waals surface area contributed by atoms with E-state index in [9.17, 15) is 4.79 Å². The zero-order chi connectivity index (χ0) is 22.8. The highest BCUT2D eigenvalue weighted by Gasteiger charge is 2.17. The average Bonchev–Trinajstić information content (AvgIpc) is 2.76. The minimum Gasteiger partial charge on any atom is -0.478 e. The first kappa shape index (κ1) is 21.6. The molecule has 0 spiro atoms. The summed E-state index contributed by atoms with van der Waals surface area (Å²) in [6.45, 7) is 4.36. The minimum atomic E-state index is -0.204. The third-order valence-electron chi connectivity index (χ3n) is 5.20. The number of nitrogen functional groups attached to an aromatic ring is 1. The molecule has 2 aromatic heterocycles. The molecule has 0 saturated carbocycles. The van der Waals surface area contributed by atoms with Crippen LogP contribution in [-0.4, -0.2) is 29.4 Å². The molecule has 0 aliphatic carbocycles. The number of pyridine rings is 2. The van der Waals surface area contributed by atoms with Crippen molar-refractivity contribution in [3.05, 3.63) is 81.1 Å². The molecule has 0 saturated heterocycles. The third kappa shape index (κ3) is 3.97. The van der Waals surface area contributed by atoms with E-state index < -0.39 is 0 Å². The molecule has 7 heteroatoms. The number of fused-ring (bicyclic) bond motifs is 1. The monoisotopic (exact) mass is 446 g/mol. The van der Waals surface area contributed by atoms with Crippen LogP contribution in [0.3, 0.4) is 0 Å². The van der Waals surface area contributed by atoms with Gasteiger partial charge < -0.3 is 10.5 Å². The van der Waals surface area contributed by atoms with Crippen molar-refractivity contribution >= 4 is 34.5 Å². The van der Waals surface area contributed by atoms with Gasteiger partial charge >= 0.3 is 0 Å². The lowest BCUT2D eigenvalue weighted by Crippen LogP contribution is -2.22. The molecule has 2 heterocycles. The molecule has 6 nitrogen and oxygen atoms in total. The van der Waals surface area contributed by atoms with E-state index in [-0.39, 0.29) is 5.56 Å². The Balaban J connectivity index is 2.08. The number of anilines is 1. The molecule has 0 unspecified atom stereocenters. The van der Waals surface area contributed by atoms with Gasteiger partial charge in [0.05, 0.1) is 12.3 Å². The molecule has 0 atom stereocenters. The lowest BCUT2D eigenvalue weighted by atomic mass is 10.0. The molecule has 0 bridgehead atoms. The smallest absolute Gasteiger partial charge is 0.264 e. The Bertz CT molecular complexity index is 1390. The van der Waals surface area contributed by atoms with Crippen molar-refractivity contribution < 1.29 is 4.74 Å². The summed E-state index contributed by atoms with van der Waals surface area (Å²) in [5, 5.41) is 1.43. The fourth-order valence-corrected chi connectivity index (χ4v) is 3.79. The van der Waals surface area contributed by atoms with Gasteiger partial charge in [0.15, 0.2) is 5.65 Å². The molecule has 4 aromatic rings. The van der Waals surface area contributed by atoms with Crippen LogP contribution in [0.25, 0.3) is 27.8 Å². The number of ether oxygens (including phenoxy) is 1. The van der Waals surface area contributed by atoms with Gasteiger partial charge in [-0.1, -0.05) is 17.7 Å². The first-order chi connectivity index (χ1) is 15.4. The van der Waals surface area contributed by atoms with Gasteiger partial charge in [0.25, 0.3) is 5.56 Å². The number of aryl methyl sites for hydroxylation is 1. The van der Waals surface area contributed by atoms with Crippen molar-refractivity contribution in [2.24, 2.45) is 4.99 Å². The summed E-state index contributed by atoms with van der Waals surface area (Å²) in [5.74, 6) is 0.473. The number of hydrogen-bond donors (Lipinski definition) is 1. The Kier molecular flexibility index (Phi) is 5.97. The molecule has 2 aromatic carbocycles. The van der Waals surface area contributed by atoms with Crippen molar-refractivity contribution in [3.8, 4) is 22.7 Å². The van der Waals surface area contributed by atoms with E-state index in [0.717, 1.165) is 22.1 Å². The summed E-state index contributed by atoms with van der Waals surface area (Å²) in [4.78, 5) is 22.5. The second kappa shape index (κ2) is 8.85. The maximum Gasteiger partial charge on any atom is 0.264 e. The van der Waals surface area contributed by atoms with Crippen LogP contribution in [0.15, 0.2) is 64.4 Å². The second-order valence-corrected chi connectivity index (χ2v) is 7.79. The Morgan fingerprint density at radius 1 is 1.16 bits per heavy atom. The molecule has 4 rings (SSSR count). The summed E-state index contributed by atoms with van der Waals surface area (Å²) >= 11 is 6.09. The first-order valence-corrected chi connectivity index (χ1v) is 10.6. The van der Waals surface area contributed by atoms with Crippen molar-refractivity contribution in [3.63, 3.8) is 0 Å². The predicted octanol–water partition coefficient (Wildman–Crippen LogP) is 5.04. The molecular weight excluding hydrogens is 424 g/mol. The molecule has 32 heavy (non-hydrogen) atoms. The summed E-state index contributed by atoms with van der Waals surface area (Å²) in [5.41, 5.74) is 10.6. The van der Waals surface area contributed by atoms with Crippen molar-refractivity contribution in [2.75, 3.05) is 19.4 Å². The zero-order valence-electron chi connectivity index (χ0n) is 18.1. The highest BCUT2D eigenvalue weighted by atomic mass is 35.5. The summed E-state index contributed by atoms with van der Waals surface area (Å²) in [6.07, 6.45) is 1.68. The van der Waals surface area contributed by atoms with Gasteiger partial charge in [-0.15, -0.1) is 0 Å². The molecule has 0 amide bonds. The van der Waals surface area contributed by atoms with Gasteiger partial charge in [-0.05, 0) is 67.4 Å². The number of halogens is 1. The van der Waals surface area contributed by atoms with E-state index in [1.807, 2.05) is 38.1 Å². The van der Waals surface area contributed by atoms with Crippen LogP contribution in [0.5, 0.6) is 5.88 Å². The van der Waals surface area contributed by atoms with E-state index in [2.05, 4.69) is 9.98 Å². The topological polar surface area (TPSA) is 82.5 Å². The van der Waals surface area contributed by atoms with Crippen LogP contribution in [0.2, 0.25) is 5.02 Å². The Labute approximate surface area is 191 Å². The SMILES string of the molecule is CCOc1cc(C)c2cc(-c3ccc(N)c(C=NC)c3)c(=O)n(-c3ccc(Cl)cc3)c2n1. The summed E-state index contributed by atoms with van der Waals surface area (Å²) in [7, 11) is 1.68. The maximum atomic E-state index is 13.8. The standard InChI is InChI=1S/C25H23ClN4O2/c1-4-32-23-11-15(2)20-13-21(16-5-10-22(27)17(12-16)14-28-3)25(31)30(24(20)29-23)19-8-6-18(26)7-9-19/h5-14H,4,27H2,1-3H3. The molecule has 0 aliphatic rings. The second-order valence-electron chi connectivity index (χ2n) is 7.35. The maximum absolute atomic E-state index is 13.8. The lowest BCUT2D eigenvalue weighted by molar-refractivity contribution is 0.327. The first-order valence-electron chi connectivity index (χ1n) is 10.2. The van der Waals surface area contributed by atoms with Crippen molar-refractivity contribution in [1.82, 2.24) is 9.55 Å². The Morgan fingerprint density at radius 2 is 1.91 bits per heavy atom. The van der Waals surface area contributed by atoms with Crippen LogP contribution in [0.1, 0.15) is 18.1 Å². The van der Waals surface area contributed by atoms with Crippen LogP contribution >= 0.6 is 11.6 Å². The van der Waals surface area contributed by atoms with Crippen LogP contribution in [0.4, 0.5) is 5.69 Å². The fourth-order valence-electron chi connectivity index (χ4n) is 3.66. The van der Waals surface area contributed by atoms with E-state index in [1.165, 1.54) is 0 Å². The van der Waals surface area contributed by atoms with Gasteiger partial charge in [0, 0.05) is 46.6 Å². The number of aromatic nitrogens is 2. The number of aliphatic imine (C=N–C) groups is 1. The van der Waals surface area contributed by atoms with E-state index in [0.29, 0.717) is 40.1 Å². The van der Waals surface area contributed by atoms with Gasteiger partial charge in [-0.3, -0.25) is 14.4 Å². The molecule has 2 N–H and O–H groups in total. The summed E-state index contributed by atoms with van der Waals surface area (Å²) < 4.78 is 7.24. The lowest BCUT2D eigenvalue weighted by Gasteiger charge is -2.16. The number of nitrogens with two attached hydrogens (primary N) is 1. The van der Waals surface area contributed by atoms with E-state index in [4.69, 9.17) is 22.1 Å². The normalized spacial score (nSPS) is 11.4. The van der Waals surface area contributed by atoms with Gasteiger partial charge in [0.2, 0.25) is 5.88 Å². The van der Waals surface area contributed by atoms with Crippen LogP contribution in [0, 0.1) is 6.92 Å². The molecular formula is C25H23ClN4O2. The van der Waals surface area contributed by atoms with Crippen molar-refractivity contribution in [2.45, 2.75) is 13.8 Å². The Hall–Kier alpha value is -3.64. The van der Waals surface area contributed by atoms with Gasteiger partial charge in [-0.2, -0.15) is 4.98 Å². The largest absolute Gasteiger partial charge is 0.478 e. The Morgan fingerprint density at radius 3 is 2.59 bits per heavy atom. The van der Waals surface area contributed by atoms with Crippen LogP contribution in [-0.2, 0) is 0 Å². The van der Waals surface area contributed by atoms with Gasteiger partial charge in [0.1, 0.15) is 0 Å². The minimum absolute atomic E-state index is 0.204. The number of nitrogens with zero attached hydrogens (tertiary/aromatic N) is 3. The average molecular weight is 447 g/mol. The quantitative estimate of drug-likeness (QED) is 0.343. The molecule has 0 aliphatic heterocycles. The predicted molar refractivity (Wildman–Crippen MR) is 132 cm³/mol. The van der Waals surface area contributed by atoms with Crippen molar-refractivity contribution in [1.29, 1.82) is 0 Å². The molecule has 0 fully saturated rings. The fraction of sp³-hybridized carbons (Fsp3) is 0.160. The highest BCUT2D eigenvalue weighted by molar-refractivity contribution is 6.30. The van der Waals surface area contributed by atoms with Gasteiger partial charge in [-0.25, -0.2) is 0 Å². The van der Waals surface area contributed by atoms with E-state index in [1.54, 1.807) is 48.2 Å². The summed E-state index contributed by atoms with van der Waals surface area (Å²) in [6, 6.07) is 16.4. The highest BCUT2D eigenvalue weighted by Crippen LogP contribution is 2.28. The zero-order valence-corrected chi connectivity index (χ0v) is 18.8. The van der Waals surface area contributed by atoms with Crippen LogP contribution < -0.4 is 16.0 Å². The molecule has 0 radical (unpaired) electrons.